The first-order valence-corrected chi connectivity index (χ1v) is 6.36. The maximum Gasteiger partial charge on any atom is 0.228 e. The van der Waals surface area contributed by atoms with Gasteiger partial charge in [0, 0.05) is 17.8 Å². The predicted octanol–water partition coefficient (Wildman–Crippen LogP) is 2.44. The maximum atomic E-state index is 11.9. The zero-order valence-corrected chi connectivity index (χ0v) is 13.1. The molecule has 1 rings (SSSR count). The highest BCUT2D eigenvalue weighted by Gasteiger charge is 2.17. The molecule has 0 saturated carbocycles. The highest BCUT2D eigenvalue weighted by Crippen LogP contribution is 2.30. The van der Waals surface area contributed by atoms with Crippen molar-refractivity contribution in [2.75, 3.05) is 19.0 Å². The van der Waals surface area contributed by atoms with E-state index in [1.54, 1.807) is 32.2 Å². The number of hydrogen-bond donors (Lipinski definition) is 2. The lowest BCUT2D eigenvalue weighted by Crippen LogP contribution is -2.34. The minimum Gasteiger partial charge on any atom is -0.493 e. The van der Waals surface area contributed by atoms with E-state index in [0.29, 0.717) is 23.8 Å². The zero-order chi connectivity index (χ0) is 14.4. The average molecular weight is 303 g/mol. The van der Waals surface area contributed by atoms with Gasteiger partial charge in [0.25, 0.3) is 0 Å². The lowest BCUT2D eigenvalue weighted by molar-refractivity contribution is -0.119. The molecular formula is C14H23ClN2O3. The molecule has 20 heavy (non-hydrogen) atoms. The van der Waals surface area contributed by atoms with Crippen molar-refractivity contribution >= 4 is 24.0 Å². The largest absolute Gasteiger partial charge is 0.493 e. The smallest absolute Gasteiger partial charge is 0.228 e. The molecule has 0 bridgehead atoms. The number of rotatable bonds is 6. The van der Waals surface area contributed by atoms with Gasteiger partial charge in [0.05, 0.1) is 19.6 Å². The van der Waals surface area contributed by atoms with Gasteiger partial charge in [-0.1, -0.05) is 6.92 Å². The van der Waals surface area contributed by atoms with Crippen LogP contribution in [-0.4, -0.2) is 25.7 Å². The minimum atomic E-state index is -0.252. The Kier molecular flexibility index (Phi) is 8.03. The summed E-state index contributed by atoms with van der Waals surface area (Å²) in [6.45, 7) is 6.03. The number of carbonyl (C=O) groups excluding carboxylic acids is 1. The molecular weight excluding hydrogens is 280 g/mol. The summed E-state index contributed by atoms with van der Waals surface area (Å²) >= 11 is 0. The second-order valence-corrected chi connectivity index (χ2v) is 4.44. The van der Waals surface area contributed by atoms with E-state index in [1.165, 1.54) is 0 Å². The summed E-state index contributed by atoms with van der Waals surface area (Å²) in [4.78, 5) is 11.9. The minimum absolute atomic E-state index is 0. The average Bonchev–Trinajstić information content (AvgIpc) is 2.38. The highest BCUT2D eigenvalue weighted by molar-refractivity contribution is 5.93. The number of methoxy groups -OCH3 is 1. The van der Waals surface area contributed by atoms with Crippen molar-refractivity contribution in [2.24, 2.45) is 11.7 Å². The molecule has 3 N–H and O–H groups in total. The number of benzene rings is 1. The normalized spacial score (nSPS) is 12.8. The molecule has 0 spiro atoms. The first kappa shape index (κ1) is 18.5. The van der Waals surface area contributed by atoms with Crippen LogP contribution in [0.5, 0.6) is 11.5 Å². The van der Waals surface area contributed by atoms with Crippen LogP contribution in [0.15, 0.2) is 18.2 Å². The summed E-state index contributed by atoms with van der Waals surface area (Å²) in [5, 5.41) is 2.82. The number of carbonyl (C=O) groups is 1. The Balaban J connectivity index is 0.00000361. The standard InChI is InChI=1S/C14H22N2O3.ClH/c1-5-19-13-8-11(6-7-12(13)18-4)16-14(17)9(2)10(3)15;/h6-10H,5,15H2,1-4H3,(H,16,17);1H. The number of nitrogens with two attached hydrogens (primary N) is 1. The van der Waals surface area contributed by atoms with Crippen LogP contribution < -0.4 is 20.5 Å². The van der Waals surface area contributed by atoms with Crippen LogP contribution in [0, 0.1) is 5.92 Å². The molecule has 6 heteroatoms. The molecule has 0 aromatic heterocycles. The van der Waals surface area contributed by atoms with Gasteiger partial charge < -0.3 is 20.5 Å². The molecule has 0 aliphatic carbocycles. The van der Waals surface area contributed by atoms with Crippen LogP contribution in [0.1, 0.15) is 20.8 Å². The first-order valence-electron chi connectivity index (χ1n) is 6.36. The van der Waals surface area contributed by atoms with E-state index >= 15 is 0 Å². The van der Waals surface area contributed by atoms with Gasteiger partial charge in [-0.3, -0.25) is 4.79 Å². The molecule has 0 aliphatic rings. The van der Waals surface area contributed by atoms with Gasteiger partial charge in [0.15, 0.2) is 11.5 Å². The Hall–Kier alpha value is -1.46. The van der Waals surface area contributed by atoms with E-state index in [0.717, 1.165) is 0 Å². The van der Waals surface area contributed by atoms with Crippen molar-refractivity contribution in [1.29, 1.82) is 0 Å². The van der Waals surface area contributed by atoms with Crippen molar-refractivity contribution < 1.29 is 14.3 Å². The molecule has 1 amide bonds. The number of anilines is 1. The molecule has 114 valence electrons. The molecule has 0 saturated heterocycles. The van der Waals surface area contributed by atoms with E-state index in [2.05, 4.69) is 5.32 Å². The highest BCUT2D eigenvalue weighted by atomic mass is 35.5. The lowest BCUT2D eigenvalue weighted by Gasteiger charge is -2.16. The van der Waals surface area contributed by atoms with Crippen molar-refractivity contribution in [3.63, 3.8) is 0 Å². The summed E-state index contributed by atoms with van der Waals surface area (Å²) < 4.78 is 10.6. The SMILES string of the molecule is CCOc1cc(NC(=O)C(C)C(C)N)ccc1OC.Cl. The van der Waals surface area contributed by atoms with Gasteiger partial charge in [-0.25, -0.2) is 0 Å². The Bertz CT molecular complexity index is 438. The van der Waals surface area contributed by atoms with Crippen molar-refractivity contribution in [2.45, 2.75) is 26.8 Å². The van der Waals surface area contributed by atoms with E-state index in [4.69, 9.17) is 15.2 Å². The van der Waals surface area contributed by atoms with Crippen molar-refractivity contribution in [3.8, 4) is 11.5 Å². The van der Waals surface area contributed by atoms with Gasteiger partial charge in [0.1, 0.15) is 0 Å². The van der Waals surface area contributed by atoms with Crippen LogP contribution >= 0.6 is 12.4 Å². The third kappa shape index (κ3) is 4.90. The number of amides is 1. The fourth-order valence-corrected chi connectivity index (χ4v) is 1.52. The van der Waals surface area contributed by atoms with Crippen LogP contribution in [0.3, 0.4) is 0 Å². The molecule has 5 nitrogen and oxygen atoms in total. The molecule has 2 unspecified atom stereocenters. The Morgan fingerprint density at radius 2 is 2.00 bits per heavy atom. The first-order chi connectivity index (χ1) is 8.99. The summed E-state index contributed by atoms with van der Waals surface area (Å²) in [7, 11) is 1.58. The fraction of sp³-hybridized carbons (Fsp3) is 0.500. The third-order valence-electron chi connectivity index (χ3n) is 2.93. The molecule has 0 fully saturated rings. The number of halogens is 1. The van der Waals surface area contributed by atoms with Gasteiger partial charge in [0.2, 0.25) is 5.91 Å². The van der Waals surface area contributed by atoms with Gasteiger partial charge >= 0.3 is 0 Å². The molecule has 0 aliphatic heterocycles. The molecule has 1 aromatic rings. The Morgan fingerprint density at radius 3 is 2.50 bits per heavy atom. The molecule has 2 atom stereocenters. The maximum absolute atomic E-state index is 11.9. The van der Waals surface area contributed by atoms with Crippen LogP contribution in [0.25, 0.3) is 0 Å². The van der Waals surface area contributed by atoms with Gasteiger partial charge in [-0.05, 0) is 26.0 Å². The van der Waals surface area contributed by atoms with Crippen LogP contribution in [-0.2, 0) is 4.79 Å². The van der Waals surface area contributed by atoms with E-state index < -0.39 is 0 Å². The summed E-state index contributed by atoms with van der Waals surface area (Å²) in [6.07, 6.45) is 0. The van der Waals surface area contributed by atoms with Gasteiger partial charge in [-0.2, -0.15) is 0 Å². The summed E-state index contributed by atoms with van der Waals surface area (Å²) in [5.41, 5.74) is 6.38. The number of hydrogen-bond acceptors (Lipinski definition) is 4. The van der Waals surface area contributed by atoms with Crippen LogP contribution in [0.4, 0.5) is 5.69 Å². The van der Waals surface area contributed by atoms with Crippen molar-refractivity contribution in [1.82, 2.24) is 0 Å². The summed E-state index contributed by atoms with van der Waals surface area (Å²) in [5.74, 6) is 0.886. The Labute approximate surface area is 126 Å². The topological polar surface area (TPSA) is 73.6 Å². The second-order valence-electron chi connectivity index (χ2n) is 4.44. The van der Waals surface area contributed by atoms with Gasteiger partial charge in [-0.15, -0.1) is 12.4 Å². The quantitative estimate of drug-likeness (QED) is 0.846. The van der Waals surface area contributed by atoms with Crippen molar-refractivity contribution in [3.05, 3.63) is 18.2 Å². The molecule has 1 aromatic carbocycles. The molecule has 0 heterocycles. The lowest BCUT2D eigenvalue weighted by atomic mass is 10.0. The molecule has 0 radical (unpaired) electrons. The third-order valence-corrected chi connectivity index (χ3v) is 2.93. The van der Waals surface area contributed by atoms with E-state index in [-0.39, 0.29) is 30.3 Å². The number of nitrogens with one attached hydrogen (secondary N) is 1. The second kappa shape index (κ2) is 8.66. The number of ether oxygens (including phenoxy) is 2. The fourth-order valence-electron chi connectivity index (χ4n) is 1.52. The van der Waals surface area contributed by atoms with E-state index in [1.807, 2.05) is 13.8 Å². The van der Waals surface area contributed by atoms with Crippen LogP contribution in [0.2, 0.25) is 0 Å². The zero-order valence-electron chi connectivity index (χ0n) is 12.3. The summed E-state index contributed by atoms with van der Waals surface area (Å²) in [6, 6.07) is 5.09. The predicted molar refractivity (Wildman–Crippen MR) is 82.9 cm³/mol. The Morgan fingerprint density at radius 1 is 1.35 bits per heavy atom. The van der Waals surface area contributed by atoms with E-state index in [9.17, 15) is 4.79 Å². The monoisotopic (exact) mass is 302 g/mol.